The van der Waals surface area contributed by atoms with E-state index in [0.29, 0.717) is 12.2 Å². The zero-order valence-corrected chi connectivity index (χ0v) is 12.7. The maximum absolute atomic E-state index is 13.8. The SMILES string of the molecule is Cc1cc(C)c(COc2c(F)cccc2CCl)c(C)c1. The van der Waals surface area contributed by atoms with E-state index in [0.717, 1.165) is 16.7 Å². The Morgan fingerprint density at radius 3 is 2.35 bits per heavy atom. The van der Waals surface area contributed by atoms with Gasteiger partial charge in [-0.3, -0.25) is 0 Å². The Hall–Kier alpha value is -1.54. The van der Waals surface area contributed by atoms with Gasteiger partial charge in [0.1, 0.15) is 6.61 Å². The van der Waals surface area contributed by atoms with Gasteiger partial charge in [-0.25, -0.2) is 4.39 Å². The minimum absolute atomic E-state index is 0.235. The molecule has 0 spiro atoms. The maximum atomic E-state index is 13.8. The molecule has 0 heterocycles. The Morgan fingerprint density at radius 1 is 1.10 bits per heavy atom. The van der Waals surface area contributed by atoms with Crippen LogP contribution in [0.25, 0.3) is 0 Å². The minimum atomic E-state index is -0.370. The summed E-state index contributed by atoms with van der Waals surface area (Å²) >= 11 is 5.82. The minimum Gasteiger partial charge on any atom is -0.485 e. The second kappa shape index (κ2) is 6.27. The number of aryl methyl sites for hydroxylation is 3. The molecule has 20 heavy (non-hydrogen) atoms. The summed E-state index contributed by atoms with van der Waals surface area (Å²) in [4.78, 5) is 0. The van der Waals surface area contributed by atoms with Crippen LogP contribution >= 0.6 is 11.6 Å². The molecule has 0 bridgehead atoms. The van der Waals surface area contributed by atoms with E-state index in [2.05, 4.69) is 19.1 Å². The summed E-state index contributed by atoms with van der Waals surface area (Å²) < 4.78 is 19.5. The predicted octanol–water partition coefficient (Wildman–Crippen LogP) is 5.07. The van der Waals surface area contributed by atoms with Crippen molar-refractivity contribution < 1.29 is 9.13 Å². The van der Waals surface area contributed by atoms with E-state index in [1.165, 1.54) is 11.6 Å². The van der Waals surface area contributed by atoms with E-state index >= 15 is 0 Å². The van der Waals surface area contributed by atoms with Crippen molar-refractivity contribution >= 4 is 11.6 Å². The van der Waals surface area contributed by atoms with Crippen molar-refractivity contribution in [3.8, 4) is 5.75 Å². The lowest BCUT2D eigenvalue weighted by molar-refractivity contribution is 0.286. The molecule has 2 rings (SSSR count). The molecule has 3 heteroatoms. The summed E-state index contributed by atoms with van der Waals surface area (Å²) in [6.45, 7) is 6.50. The van der Waals surface area contributed by atoms with Crippen molar-refractivity contribution in [2.45, 2.75) is 33.3 Å². The number of alkyl halides is 1. The molecular weight excluding hydrogens is 275 g/mol. The van der Waals surface area contributed by atoms with E-state index in [-0.39, 0.29) is 17.4 Å². The summed E-state index contributed by atoms with van der Waals surface area (Å²) in [5.74, 6) is 0.117. The van der Waals surface area contributed by atoms with Crippen molar-refractivity contribution in [1.82, 2.24) is 0 Å². The Kier molecular flexibility index (Phi) is 4.66. The smallest absolute Gasteiger partial charge is 0.165 e. The highest BCUT2D eigenvalue weighted by Gasteiger charge is 2.11. The van der Waals surface area contributed by atoms with Gasteiger partial charge >= 0.3 is 0 Å². The molecular formula is C17H18ClFO. The fourth-order valence-electron chi connectivity index (χ4n) is 2.40. The molecule has 106 valence electrons. The van der Waals surface area contributed by atoms with Gasteiger partial charge in [-0.2, -0.15) is 0 Å². The summed E-state index contributed by atoms with van der Waals surface area (Å²) in [6, 6.07) is 9.02. The van der Waals surface area contributed by atoms with Crippen molar-refractivity contribution in [2.75, 3.05) is 0 Å². The van der Waals surface area contributed by atoms with E-state index < -0.39 is 0 Å². The Morgan fingerprint density at radius 2 is 1.75 bits per heavy atom. The van der Waals surface area contributed by atoms with Crippen LogP contribution in [-0.4, -0.2) is 0 Å². The van der Waals surface area contributed by atoms with Gasteiger partial charge in [0.05, 0.1) is 5.88 Å². The van der Waals surface area contributed by atoms with E-state index in [1.54, 1.807) is 12.1 Å². The molecule has 0 amide bonds. The molecule has 2 aromatic rings. The molecule has 0 saturated carbocycles. The van der Waals surface area contributed by atoms with Gasteiger partial charge < -0.3 is 4.74 Å². The van der Waals surface area contributed by atoms with Gasteiger partial charge in [-0.15, -0.1) is 11.6 Å². The maximum Gasteiger partial charge on any atom is 0.165 e. The standard InChI is InChI=1S/C17H18ClFO/c1-11-7-12(2)15(13(3)8-11)10-20-17-14(9-18)5-4-6-16(17)19/h4-8H,9-10H2,1-3H3. The topological polar surface area (TPSA) is 9.23 Å². The summed E-state index contributed by atoms with van der Waals surface area (Å²) in [6.07, 6.45) is 0. The van der Waals surface area contributed by atoms with Crippen molar-refractivity contribution in [2.24, 2.45) is 0 Å². The van der Waals surface area contributed by atoms with Crippen LogP contribution in [0, 0.1) is 26.6 Å². The highest BCUT2D eigenvalue weighted by atomic mass is 35.5. The predicted molar refractivity (Wildman–Crippen MR) is 80.9 cm³/mol. The van der Waals surface area contributed by atoms with E-state index in [4.69, 9.17) is 16.3 Å². The third-order valence-corrected chi connectivity index (χ3v) is 3.68. The molecule has 0 unspecified atom stereocenters. The van der Waals surface area contributed by atoms with Crippen LogP contribution in [0.2, 0.25) is 0 Å². The molecule has 0 aliphatic carbocycles. The molecule has 0 atom stereocenters. The fraction of sp³-hybridized carbons (Fsp3) is 0.294. The molecule has 0 saturated heterocycles. The highest BCUT2D eigenvalue weighted by Crippen LogP contribution is 2.26. The number of benzene rings is 2. The van der Waals surface area contributed by atoms with E-state index in [1.807, 2.05) is 13.8 Å². The van der Waals surface area contributed by atoms with Crippen LogP contribution in [0.4, 0.5) is 4.39 Å². The van der Waals surface area contributed by atoms with Crippen molar-refractivity contribution in [1.29, 1.82) is 0 Å². The number of ether oxygens (including phenoxy) is 1. The average Bonchev–Trinajstić information content (AvgIpc) is 2.38. The summed E-state index contributed by atoms with van der Waals surface area (Å²) in [7, 11) is 0. The molecule has 1 nitrogen and oxygen atoms in total. The van der Waals surface area contributed by atoms with Crippen LogP contribution in [0.3, 0.4) is 0 Å². The molecule has 0 aromatic heterocycles. The zero-order valence-electron chi connectivity index (χ0n) is 12.0. The second-order valence-corrected chi connectivity index (χ2v) is 5.29. The van der Waals surface area contributed by atoms with Gasteiger partial charge in [0.2, 0.25) is 0 Å². The van der Waals surface area contributed by atoms with Gasteiger partial charge in [0.25, 0.3) is 0 Å². The van der Waals surface area contributed by atoms with Crippen LogP contribution < -0.4 is 4.74 Å². The highest BCUT2D eigenvalue weighted by molar-refractivity contribution is 6.17. The Labute approximate surface area is 124 Å². The second-order valence-electron chi connectivity index (χ2n) is 5.03. The van der Waals surface area contributed by atoms with Crippen LogP contribution in [0.15, 0.2) is 30.3 Å². The lowest BCUT2D eigenvalue weighted by Gasteiger charge is -2.15. The third kappa shape index (κ3) is 3.13. The molecule has 2 aromatic carbocycles. The van der Waals surface area contributed by atoms with Crippen molar-refractivity contribution in [3.63, 3.8) is 0 Å². The molecule has 0 radical (unpaired) electrons. The van der Waals surface area contributed by atoms with Gasteiger partial charge in [-0.05, 0) is 43.5 Å². The fourth-order valence-corrected chi connectivity index (χ4v) is 2.61. The largest absolute Gasteiger partial charge is 0.485 e. The third-order valence-electron chi connectivity index (χ3n) is 3.39. The summed E-state index contributed by atoms with van der Waals surface area (Å²) in [5.41, 5.74) is 5.31. The zero-order chi connectivity index (χ0) is 14.7. The average molecular weight is 293 g/mol. The number of rotatable bonds is 4. The molecule has 0 aliphatic rings. The molecule has 0 N–H and O–H groups in total. The first-order chi connectivity index (χ1) is 9.52. The number of hydrogen-bond acceptors (Lipinski definition) is 1. The van der Waals surface area contributed by atoms with Crippen molar-refractivity contribution in [3.05, 3.63) is 64.0 Å². The number of para-hydroxylation sites is 1. The van der Waals surface area contributed by atoms with Gasteiger partial charge in [0.15, 0.2) is 11.6 Å². The monoisotopic (exact) mass is 292 g/mol. The molecule has 0 fully saturated rings. The Bertz CT molecular complexity index is 599. The first kappa shape index (κ1) is 14.9. The quantitative estimate of drug-likeness (QED) is 0.715. The number of hydrogen-bond donors (Lipinski definition) is 0. The normalized spacial score (nSPS) is 10.7. The van der Waals surface area contributed by atoms with Crippen LogP contribution in [-0.2, 0) is 12.5 Å². The summed E-state index contributed by atoms with van der Waals surface area (Å²) in [5, 5.41) is 0. The molecule has 0 aliphatic heterocycles. The lowest BCUT2D eigenvalue weighted by atomic mass is 10.0. The van der Waals surface area contributed by atoms with Crippen LogP contribution in [0.5, 0.6) is 5.75 Å². The van der Waals surface area contributed by atoms with Crippen LogP contribution in [0.1, 0.15) is 27.8 Å². The number of halogens is 2. The van der Waals surface area contributed by atoms with E-state index in [9.17, 15) is 4.39 Å². The van der Waals surface area contributed by atoms with Gasteiger partial charge in [-0.1, -0.05) is 29.8 Å². The Balaban J connectivity index is 2.26. The first-order valence-corrected chi connectivity index (χ1v) is 7.09. The lowest BCUT2D eigenvalue weighted by Crippen LogP contribution is -2.04. The van der Waals surface area contributed by atoms with Gasteiger partial charge in [0, 0.05) is 5.56 Å². The first-order valence-electron chi connectivity index (χ1n) is 6.55.